The molecule has 2 aliphatic heterocycles. The maximum atomic E-state index is 4.36. The SMILES string of the molecule is c1cncc(-c2cn(C3CCN([C@H]4CCSC4)CC3)nn2)c1. The summed E-state index contributed by atoms with van der Waals surface area (Å²) in [5.41, 5.74) is 1.96. The first kappa shape index (κ1) is 14.2. The van der Waals surface area contributed by atoms with E-state index in [1.807, 2.05) is 18.3 Å². The number of rotatable bonds is 3. The third-order valence-corrected chi connectivity index (χ3v) is 5.91. The molecule has 2 aromatic heterocycles. The van der Waals surface area contributed by atoms with Crippen LogP contribution in [0.25, 0.3) is 11.3 Å². The van der Waals surface area contributed by atoms with Gasteiger partial charge in [0.15, 0.2) is 0 Å². The van der Waals surface area contributed by atoms with E-state index < -0.39 is 0 Å². The van der Waals surface area contributed by atoms with Crippen LogP contribution in [0.4, 0.5) is 0 Å². The molecule has 22 heavy (non-hydrogen) atoms. The van der Waals surface area contributed by atoms with Gasteiger partial charge in [0.1, 0.15) is 5.69 Å². The van der Waals surface area contributed by atoms with Crippen molar-refractivity contribution in [3.05, 3.63) is 30.7 Å². The highest BCUT2D eigenvalue weighted by molar-refractivity contribution is 7.99. The van der Waals surface area contributed by atoms with E-state index in [2.05, 4.69) is 42.8 Å². The van der Waals surface area contributed by atoms with Crippen LogP contribution in [0.5, 0.6) is 0 Å². The van der Waals surface area contributed by atoms with Crippen molar-refractivity contribution in [3.63, 3.8) is 0 Å². The molecule has 2 aliphatic rings. The van der Waals surface area contributed by atoms with Gasteiger partial charge in [0.05, 0.1) is 12.2 Å². The standard InChI is InChI=1S/C16H21N5S/c1-2-13(10-17-6-1)16-11-21(19-18-16)14-3-7-20(8-4-14)15-5-9-22-12-15/h1-2,6,10-11,14-15H,3-5,7-9,12H2/t15-/m0/s1. The Morgan fingerprint density at radius 3 is 2.77 bits per heavy atom. The topological polar surface area (TPSA) is 46.8 Å². The number of hydrogen-bond donors (Lipinski definition) is 0. The number of likely N-dealkylation sites (tertiary alicyclic amines) is 1. The quantitative estimate of drug-likeness (QED) is 0.871. The summed E-state index contributed by atoms with van der Waals surface area (Å²) in [5.74, 6) is 2.65. The van der Waals surface area contributed by atoms with Crippen molar-refractivity contribution in [2.45, 2.75) is 31.3 Å². The largest absolute Gasteiger partial charge is 0.299 e. The molecule has 2 saturated heterocycles. The highest BCUT2D eigenvalue weighted by Crippen LogP contribution is 2.29. The molecule has 0 N–H and O–H groups in total. The molecular formula is C16H21N5S. The zero-order valence-corrected chi connectivity index (χ0v) is 13.5. The Balaban J connectivity index is 1.40. The fourth-order valence-electron chi connectivity index (χ4n) is 3.43. The minimum Gasteiger partial charge on any atom is -0.299 e. The van der Waals surface area contributed by atoms with E-state index in [1.54, 1.807) is 6.20 Å². The van der Waals surface area contributed by atoms with E-state index in [9.17, 15) is 0 Å². The predicted molar refractivity (Wildman–Crippen MR) is 88.8 cm³/mol. The van der Waals surface area contributed by atoms with Crippen LogP contribution in [-0.4, -0.2) is 55.5 Å². The molecule has 0 aromatic carbocycles. The lowest BCUT2D eigenvalue weighted by molar-refractivity contribution is 0.141. The minimum atomic E-state index is 0.489. The molecule has 0 aliphatic carbocycles. The van der Waals surface area contributed by atoms with Gasteiger partial charge in [0.25, 0.3) is 0 Å². The lowest BCUT2D eigenvalue weighted by atomic mass is 10.0. The van der Waals surface area contributed by atoms with Crippen molar-refractivity contribution in [2.24, 2.45) is 0 Å². The van der Waals surface area contributed by atoms with Crippen molar-refractivity contribution in [2.75, 3.05) is 24.6 Å². The molecule has 1 atom stereocenters. The zero-order valence-electron chi connectivity index (χ0n) is 12.6. The monoisotopic (exact) mass is 315 g/mol. The van der Waals surface area contributed by atoms with Crippen LogP contribution in [0.1, 0.15) is 25.3 Å². The van der Waals surface area contributed by atoms with Crippen LogP contribution in [0.3, 0.4) is 0 Å². The molecule has 4 rings (SSSR count). The van der Waals surface area contributed by atoms with Gasteiger partial charge in [-0.25, -0.2) is 4.68 Å². The molecule has 2 aromatic rings. The molecule has 0 amide bonds. The number of hydrogen-bond acceptors (Lipinski definition) is 5. The van der Waals surface area contributed by atoms with E-state index in [1.165, 1.54) is 43.9 Å². The van der Waals surface area contributed by atoms with Gasteiger partial charge in [0, 0.05) is 42.8 Å². The van der Waals surface area contributed by atoms with Gasteiger partial charge in [-0.05, 0) is 37.1 Å². The van der Waals surface area contributed by atoms with Crippen molar-refractivity contribution in [3.8, 4) is 11.3 Å². The van der Waals surface area contributed by atoms with E-state index in [-0.39, 0.29) is 0 Å². The third kappa shape index (κ3) is 2.90. The van der Waals surface area contributed by atoms with Crippen LogP contribution in [0, 0.1) is 0 Å². The third-order valence-electron chi connectivity index (χ3n) is 4.76. The molecule has 6 heteroatoms. The highest BCUT2D eigenvalue weighted by Gasteiger charge is 2.28. The Hall–Kier alpha value is -1.40. The van der Waals surface area contributed by atoms with E-state index in [0.717, 1.165) is 17.3 Å². The summed E-state index contributed by atoms with van der Waals surface area (Å²) in [6.45, 7) is 2.38. The summed E-state index contributed by atoms with van der Waals surface area (Å²) in [7, 11) is 0. The highest BCUT2D eigenvalue weighted by atomic mass is 32.2. The zero-order chi connectivity index (χ0) is 14.8. The summed E-state index contributed by atoms with van der Waals surface area (Å²) in [4.78, 5) is 6.83. The molecule has 116 valence electrons. The number of thioether (sulfide) groups is 1. The van der Waals surface area contributed by atoms with Gasteiger partial charge >= 0.3 is 0 Å². The van der Waals surface area contributed by atoms with Crippen LogP contribution in [-0.2, 0) is 0 Å². The molecule has 0 spiro atoms. The normalized spacial score (nSPS) is 23.9. The Bertz CT molecular complexity index is 600. The number of pyridine rings is 1. The Morgan fingerprint density at radius 1 is 1.14 bits per heavy atom. The molecule has 5 nitrogen and oxygen atoms in total. The molecule has 0 unspecified atom stereocenters. The van der Waals surface area contributed by atoms with E-state index >= 15 is 0 Å². The lowest BCUT2D eigenvalue weighted by Gasteiger charge is -2.35. The number of nitrogens with zero attached hydrogens (tertiary/aromatic N) is 5. The van der Waals surface area contributed by atoms with Crippen LogP contribution in [0.2, 0.25) is 0 Å². The molecule has 0 saturated carbocycles. The average Bonchev–Trinajstić information content (AvgIpc) is 3.28. The van der Waals surface area contributed by atoms with Crippen LogP contribution >= 0.6 is 11.8 Å². The van der Waals surface area contributed by atoms with Crippen LogP contribution < -0.4 is 0 Å². The van der Waals surface area contributed by atoms with E-state index in [0.29, 0.717) is 6.04 Å². The Labute approximate surface area is 135 Å². The predicted octanol–water partition coefficient (Wildman–Crippen LogP) is 2.48. The van der Waals surface area contributed by atoms with Gasteiger partial charge in [-0.1, -0.05) is 5.21 Å². The fourth-order valence-corrected chi connectivity index (χ4v) is 4.68. The second-order valence-corrected chi connectivity index (χ2v) is 7.26. The van der Waals surface area contributed by atoms with E-state index in [4.69, 9.17) is 0 Å². The molecule has 2 fully saturated rings. The van der Waals surface area contributed by atoms with Gasteiger partial charge < -0.3 is 0 Å². The summed E-state index contributed by atoms with van der Waals surface area (Å²) >= 11 is 2.10. The van der Waals surface area contributed by atoms with Crippen molar-refractivity contribution >= 4 is 11.8 Å². The second-order valence-electron chi connectivity index (χ2n) is 6.11. The molecule has 0 bridgehead atoms. The lowest BCUT2D eigenvalue weighted by Crippen LogP contribution is -2.42. The Kier molecular flexibility index (Phi) is 4.12. The van der Waals surface area contributed by atoms with Gasteiger partial charge in [-0.3, -0.25) is 9.88 Å². The smallest absolute Gasteiger partial charge is 0.114 e. The summed E-state index contributed by atoms with van der Waals surface area (Å²) in [6, 6.07) is 5.27. The summed E-state index contributed by atoms with van der Waals surface area (Å²) in [6.07, 6.45) is 9.42. The molecule has 0 radical (unpaired) electrons. The maximum Gasteiger partial charge on any atom is 0.114 e. The summed E-state index contributed by atoms with van der Waals surface area (Å²) in [5, 5.41) is 8.67. The first-order valence-corrected chi connectivity index (χ1v) is 9.19. The first-order chi connectivity index (χ1) is 10.9. The molecular weight excluding hydrogens is 294 g/mol. The first-order valence-electron chi connectivity index (χ1n) is 8.04. The van der Waals surface area contributed by atoms with Crippen molar-refractivity contribution in [1.82, 2.24) is 24.9 Å². The maximum absolute atomic E-state index is 4.36. The van der Waals surface area contributed by atoms with Gasteiger partial charge in [-0.2, -0.15) is 11.8 Å². The fraction of sp³-hybridized carbons (Fsp3) is 0.562. The van der Waals surface area contributed by atoms with Gasteiger partial charge in [0.2, 0.25) is 0 Å². The molecule has 4 heterocycles. The Morgan fingerprint density at radius 2 is 2.05 bits per heavy atom. The van der Waals surface area contributed by atoms with Gasteiger partial charge in [-0.15, -0.1) is 5.10 Å². The average molecular weight is 315 g/mol. The second kappa shape index (κ2) is 6.38. The summed E-state index contributed by atoms with van der Waals surface area (Å²) < 4.78 is 2.06. The minimum absolute atomic E-state index is 0.489. The number of aromatic nitrogens is 4. The van der Waals surface area contributed by atoms with Crippen molar-refractivity contribution in [1.29, 1.82) is 0 Å². The van der Waals surface area contributed by atoms with Crippen molar-refractivity contribution < 1.29 is 0 Å². The van der Waals surface area contributed by atoms with Crippen LogP contribution in [0.15, 0.2) is 30.7 Å². The number of piperidine rings is 1.